The Labute approximate surface area is 115 Å². The Bertz CT molecular complexity index is 473. The van der Waals surface area contributed by atoms with Crippen molar-refractivity contribution in [1.82, 2.24) is 0 Å². The van der Waals surface area contributed by atoms with Crippen LogP contribution in [0, 0.1) is 0 Å². The van der Waals surface area contributed by atoms with Crippen LogP contribution in [0.3, 0.4) is 0 Å². The summed E-state index contributed by atoms with van der Waals surface area (Å²) >= 11 is 0. The first-order chi connectivity index (χ1) is 9.24. The van der Waals surface area contributed by atoms with Gasteiger partial charge in [-0.2, -0.15) is 13.2 Å². The van der Waals surface area contributed by atoms with Gasteiger partial charge in [0.1, 0.15) is 0 Å². The van der Waals surface area contributed by atoms with Crippen molar-refractivity contribution < 1.29 is 22.7 Å². The van der Waals surface area contributed by atoms with Gasteiger partial charge in [0.25, 0.3) is 0 Å². The van der Waals surface area contributed by atoms with Crippen molar-refractivity contribution in [2.45, 2.75) is 25.6 Å². The summed E-state index contributed by atoms with van der Waals surface area (Å²) in [6.07, 6.45) is -4.71. The summed E-state index contributed by atoms with van der Waals surface area (Å²) in [7, 11) is 1.19. The van der Waals surface area contributed by atoms with Crippen molar-refractivity contribution in [2.24, 2.45) is 5.73 Å². The molecule has 112 valence electrons. The van der Waals surface area contributed by atoms with Crippen molar-refractivity contribution in [3.63, 3.8) is 0 Å². The van der Waals surface area contributed by atoms with Crippen molar-refractivity contribution in [3.05, 3.63) is 29.3 Å². The summed E-state index contributed by atoms with van der Waals surface area (Å²) in [5.41, 5.74) is 4.88. The van der Waals surface area contributed by atoms with Crippen LogP contribution in [0.15, 0.2) is 18.2 Å². The molecular weight excluding hydrogens is 273 g/mol. The monoisotopic (exact) mass is 290 g/mol. The lowest BCUT2D eigenvalue weighted by atomic mass is 10.1. The molecule has 1 rings (SSSR count). The Morgan fingerprint density at radius 1 is 1.45 bits per heavy atom. The quantitative estimate of drug-likeness (QED) is 0.816. The fourth-order valence-electron chi connectivity index (χ4n) is 1.60. The van der Waals surface area contributed by atoms with E-state index in [1.54, 1.807) is 6.92 Å². The minimum absolute atomic E-state index is 0.0524. The summed E-state index contributed by atoms with van der Waals surface area (Å²) < 4.78 is 43.4. The lowest BCUT2D eigenvalue weighted by Crippen LogP contribution is -2.26. The third kappa shape index (κ3) is 4.73. The van der Waals surface area contributed by atoms with Gasteiger partial charge in [-0.25, -0.2) is 0 Å². The number of nitrogens with two attached hydrogens (primary N) is 1. The molecule has 0 saturated heterocycles. The van der Waals surface area contributed by atoms with Gasteiger partial charge in [-0.05, 0) is 24.6 Å². The first-order valence-corrected chi connectivity index (χ1v) is 6.00. The summed E-state index contributed by atoms with van der Waals surface area (Å²) in [6, 6.07) is 3.42. The average molecular weight is 290 g/mol. The maximum absolute atomic E-state index is 13.0. The van der Waals surface area contributed by atoms with Gasteiger partial charge in [0, 0.05) is 18.3 Å². The summed E-state index contributed by atoms with van der Waals surface area (Å²) in [5, 5.41) is 2.65. The van der Waals surface area contributed by atoms with Crippen LogP contribution < -0.4 is 11.1 Å². The topological polar surface area (TPSA) is 64.3 Å². The van der Waals surface area contributed by atoms with Gasteiger partial charge in [0.2, 0.25) is 0 Å². The number of methoxy groups -OCH3 is 1. The Morgan fingerprint density at radius 2 is 2.10 bits per heavy atom. The van der Waals surface area contributed by atoms with Gasteiger partial charge in [-0.1, -0.05) is 6.07 Å². The lowest BCUT2D eigenvalue weighted by molar-refractivity contribution is -0.140. The Kier molecular flexibility index (Phi) is 5.38. The number of carbonyl (C=O) groups is 1. The highest BCUT2D eigenvalue weighted by molar-refractivity contribution is 5.73. The molecule has 0 aliphatic carbocycles. The van der Waals surface area contributed by atoms with Gasteiger partial charge in [-0.3, -0.25) is 4.79 Å². The number of rotatable bonds is 5. The molecule has 0 radical (unpaired) electrons. The van der Waals surface area contributed by atoms with Crippen molar-refractivity contribution in [2.75, 3.05) is 19.0 Å². The first-order valence-electron chi connectivity index (χ1n) is 6.00. The largest absolute Gasteiger partial charge is 0.469 e. The second-order valence-electron chi connectivity index (χ2n) is 4.49. The fourth-order valence-corrected chi connectivity index (χ4v) is 1.60. The number of nitrogens with one attached hydrogen (secondary N) is 1. The highest BCUT2D eigenvalue weighted by atomic mass is 19.4. The normalized spacial score (nSPS) is 12.9. The molecule has 0 fully saturated rings. The molecule has 0 bridgehead atoms. The molecule has 1 aromatic rings. The number of benzene rings is 1. The zero-order valence-corrected chi connectivity index (χ0v) is 11.3. The van der Waals surface area contributed by atoms with Crippen LogP contribution in [-0.4, -0.2) is 25.7 Å². The maximum Gasteiger partial charge on any atom is 0.418 e. The molecule has 0 amide bonds. The molecule has 3 N–H and O–H groups in total. The SMILES string of the molecule is COC(=O)Cc1ccc(NC[C@@H](C)N)c(C(F)(F)F)c1. The Morgan fingerprint density at radius 3 is 2.60 bits per heavy atom. The van der Waals surface area contributed by atoms with Crippen molar-refractivity contribution >= 4 is 11.7 Å². The predicted molar refractivity (Wildman–Crippen MR) is 69.3 cm³/mol. The summed E-state index contributed by atoms with van der Waals surface area (Å²) in [4.78, 5) is 11.1. The van der Waals surface area contributed by atoms with E-state index in [-0.39, 0.29) is 30.3 Å². The van der Waals surface area contributed by atoms with Crippen LogP contribution in [0.25, 0.3) is 0 Å². The molecule has 0 heterocycles. The second kappa shape index (κ2) is 6.60. The third-order valence-electron chi connectivity index (χ3n) is 2.58. The molecule has 0 aliphatic heterocycles. The zero-order valence-electron chi connectivity index (χ0n) is 11.3. The average Bonchev–Trinajstić information content (AvgIpc) is 2.35. The number of halogens is 3. The number of hydrogen-bond acceptors (Lipinski definition) is 4. The van der Waals surface area contributed by atoms with Crippen LogP contribution >= 0.6 is 0 Å². The number of carbonyl (C=O) groups excluding carboxylic acids is 1. The van der Waals surface area contributed by atoms with Crippen LogP contribution in [-0.2, 0) is 22.1 Å². The highest BCUT2D eigenvalue weighted by Gasteiger charge is 2.33. The minimum atomic E-state index is -4.51. The van der Waals surface area contributed by atoms with E-state index in [1.807, 2.05) is 0 Å². The molecular formula is C13H17F3N2O2. The van der Waals surface area contributed by atoms with E-state index in [0.717, 1.165) is 6.07 Å². The third-order valence-corrected chi connectivity index (χ3v) is 2.58. The minimum Gasteiger partial charge on any atom is -0.469 e. The van der Waals surface area contributed by atoms with Crippen LogP contribution in [0.4, 0.5) is 18.9 Å². The van der Waals surface area contributed by atoms with E-state index in [1.165, 1.54) is 19.2 Å². The van der Waals surface area contributed by atoms with Gasteiger partial charge in [0.15, 0.2) is 0 Å². The van der Waals surface area contributed by atoms with E-state index >= 15 is 0 Å². The number of esters is 1. The zero-order chi connectivity index (χ0) is 15.3. The molecule has 20 heavy (non-hydrogen) atoms. The molecule has 1 atom stereocenters. The Hall–Kier alpha value is -1.76. The standard InChI is InChI=1S/C13H17F3N2O2/c1-8(17)7-18-11-4-3-9(6-12(19)20-2)5-10(11)13(14,15)16/h3-5,8,18H,6-7,17H2,1-2H3/t8-/m1/s1. The first kappa shape index (κ1) is 16.3. The molecule has 4 nitrogen and oxygen atoms in total. The maximum atomic E-state index is 13.0. The molecule has 0 unspecified atom stereocenters. The molecule has 0 spiro atoms. The van der Waals surface area contributed by atoms with E-state index in [0.29, 0.717) is 0 Å². The molecule has 0 aliphatic rings. The molecule has 7 heteroatoms. The van der Waals surface area contributed by atoms with E-state index in [9.17, 15) is 18.0 Å². The number of ether oxygens (including phenoxy) is 1. The highest BCUT2D eigenvalue weighted by Crippen LogP contribution is 2.35. The van der Waals surface area contributed by atoms with Crippen LogP contribution in [0.1, 0.15) is 18.1 Å². The van der Waals surface area contributed by atoms with Crippen molar-refractivity contribution in [1.29, 1.82) is 0 Å². The fraction of sp³-hybridized carbons (Fsp3) is 0.462. The second-order valence-corrected chi connectivity index (χ2v) is 4.49. The molecule has 0 aromatic heterocycles. The van der Waals surface area contributed by atoms with Gasteiger partial charge in [-0.15, -0.1) is 0 Å². The number of hydrogen-bond donors (Lipinski definition) is 2. The van der Waals surface area contributed by atoms with Crippen LogP contribution in [0.2, 0.25) is 0 Å². The predicted octanol–water partition coefficient (Wildman–Crippen LogP) is 2.18. The molecule has 0 saturated carbocycles. The van der Waals surface area contributed by atoms with Crippen molar-refractivity contribution in [3.8, 4) is 0 Å². The number of alkyl halides is 3. The Balaban J connectivity index is 3.04. The lowest BCUT2D eigenvalue weighted by Gasteiger charge is -2.17. The van der Waals surface area contributed by atoms with Gasteiger partial charge in [0.05, 0.1) is 19.1 Å². The van der Waals surface area contributed by atoms with Gasteiger partial charge < -0.3 is 15.8 Å². The van der Waals surface area contributed by atoms with E-state index in [2.05, 4.69) is 10.1 Å². The smallest absolute Gasteiger partial charge is 0.418 e. The van der Waals surface area contributed by atoms with E-state index < -0.39 is 17.7 Å². The molecule has 1 aromatic carbocycles. The number of anilines is 1. The van der Waals surface area contributed by atoms with Crippen LogP contribution in [0.5, 0.6) is 0 Å². The van der Waals surface area contributed by atoms with E-state index in [4.69, 9.17) is 5.73 Å². The summed E-state index contributed by atoms with van der Waals surface area (Å²) in [5.74, 6) is -0.589. The summed E-state index contributed by atoms with van der Waals surface area (Å²) in [6.45, 7) is 1.91. The van der Waals surface area contributed by atoms with Gasteiger partial charge >= 0.3 is 12.1 Å².